The number of benzene rings is 1. The number of ether oxygens (including phenoxy) is 1. The number of anilines is 1. The van der Waals surface area contributed by atoms with E-state index in [9.17, 15) is 4.79 Å². The van der Waals surface area contributed by atoms with Crippen LogP contribution in [0, 0.1) is 0 Å². The summed E-state index contributed by atoms with van der Waals surface area (Å²) in [6.07, 6.45) is 1.21. The molecule has 0 bridgehead atoms. The van der Waals surface area contributed by atoms with Crippen molar-refractivity contribution in [2.75, 3.05) is 11.4 Å². The first kappa shape index (κ1) is 15.2. The van der Waals surface area contributed by atoms with Crippen LogP contribution in [-0.4, -0.2) is 23.3 Å². The Morgan fingerprint density at radius 3 is 2.68 bits per heavy atom. The van der Waals surface area contributed by atoms with Gasteiger partial charge >= 0.3 is 6.09 Å². The Morgan fingerprint density at radius 2 is 2.16 bits per heavy atom. The normalized spacial score (nSPS) is 10.9. The second-order valence-corrected chi connectivity index (χ2v) is 5.21. The van der Waals surface area contributed by atoms with Gasteiger partial charge in [-0.2, -0.15) is 0 Å². The van der Waals surface area contributed by atoms with E-state index in [1.807, 2.05) is 20.8 Å². The van der Waals surface area contributed by atoms with E-state index in [1.54, 1.807) is 30.3 Å². The van der Waals surface area contributed by atoms with Gasteiger partial charge in [-0.15, -0.1) is 6.58 Å². The first-order valence-corrected chi connectivity index (χ1v) is 6.18. The third-order valence-corrected chi connectivity index (χ3v) is 2.33. The lowest BCUT2D eigenvalue weighted by Crippen LogP contribution is -2.37. The maximum Gasteiger partial charge on any atom is 0.415 e. The van der Waals surface area contributed by atoms with Gasteiger partial charge in [-0.3, -0.25) is 4.90 Å². The highest BCUT2D eigenvalue weighted by molar-refractivity contribution is 5.88. The highest BCUT2D eigenvalue weighted by Crippen LogP contribution is 2.19. The van der Waals surface area contributed by atoms with Gasteiger partial charge in [0.15, 0.2) is 0 Å². The Hall–Kier alpha value is -1.81. The lowest BCUT2D eigenvalue weighted by Gasteiger charge is -2.27. The Labute approximate surface area is 114 Å². The number of hydrogen-bond donors (Lipinski definition) is 1. The molecule has 4 heteroatoms. The van der Waals surface area contributed by atoms with Gasteiger partial charge < -0.3 is 9.84 Å². The molecule has 1 aromatic carbocycles. The molecule has 104 valence electrons. The van der Waals surface area contributed by atoms with Crippen molar-refractivity contribution in [3.63, 3.8) is 0 Å². The first-order valence-electron chi connectivity index (χ1n) is 6.18. The van der Waals surface area contributed by atoms with Gasteiger partial charge in [-0.05, 0) is 38.5 Å². The lowest BCUT2D eigenvalue weighted by molar-refractivity contribution is 0.0584. The quantitative estimate of drug-likeness (QED) is 0.849. The monoisotopic (exact) mass is 263 g/mol. The lowest BCUT2D eigenvalue weighted by atomic mass is 10.2. The number of carbonyl (C=O) groups is 1. The number of rotatable bonds is 4. The molecule has 0 saturated carbocycles. The second-order valence-electron chi connectivity index (χ2n) is 5.21. The van der Waals surface area contributed by atoms with Crippen LogP contribution in [0.15, 0.2) is 36.9 Å². The van der Waals surface area contributed by atoms with Crippen LogP contribution in [0.2, 0.25) is 0 Å². The molecule has 0 saturated heterocycles. The smallest absolute Gasteiger partial charge is 0.415 e. The van der Waals surface area contributed by atoms with Crippen LogP contribution in [0.3, 0.4) is 0 Å². The zero-order valence-electron chi connectivity index (χ0n) is 11.7. The van der Waals surface area contributed by atoms with E-state index in [-0.39, 0.29) is 6.61 Å². The summed E-state index contributed by atoms with van der Waals surface area (Å²) >= 11 is 0. The van der Waals surface area contributed by atoms with E-state index in [0.717, 1.165) is 5.56 Å². The fourth-order valence-electron chi connectivity index (χ4n) is 1.55. The number of hydrogen-bond acceptors (Lipinski definition) is 3. The summed E-state index contributed by atoms with van der Waals surface area (Å²) in [6.45, 7) is 9.40. The Morgan fingerprint density at radius 1 is 1.47 bits per heavy atom. The molecule has 4 nitrogen and oxygen atoms in total. The zero-order chi connectivity index (χ0) is 14.5. The van der Waals surface area contributed by atoms with Gasteiger partial charge in [0.2, 0.25) is 0 Å². The van der Waals surface area contributed by atoms with Crippen LogP contribution < -0.4 is 4.90 Å². The molecule has 19 heavy (non-hydrogen) atoms. The summed E-state index contributed by atoms with van der Waals surface area (Å²) in [7, 11) is 0. The fraction of sp³-hybridized carbons (Fsp3) is 0.400. The van der Waals surface area contributed by atoms with Crippen molar-refractivity contribution in [1.29, 1.82) is 0 Å². The summed E-state index contributed by atoms with van der Waals surface area (Å²) in [5.41, 5.74) is 0.876. The van der Waals surface area contributed by atoms with E-state index in [1.165, 1.54) is 4.90 Å². The van der Waals surface area contributed by atoms with E-state index >= 15 is 0 Å². The minimum Gasteiger partial charge on any atom is -0.443 e. The zero-order valence-corrected chi connectivity index (χ0v) is 11.7. The van der Waals surface area contributed by atoms with Crippen molar-refractivity contribution in [3.8, 4) is 0 Å². The predicted octanol–water partition coefficient (Wildman–Crippen LogP) is 3.11. The van der Waals surface area contributed by atoms with Crippen LogP contribution in [0.25, 0.3) is 0 Å². The number of carbonyl (C=O) groups excluding carboxylic acids is 1. The first-order chi connectivity index (χ1) is 8.87. The third-order valence-electron chi connectivity index (χ3n) is 2.33. The molecule has 0 fully saturated rings. The summed E-state index contributed by atoms with van der Waals surface area (Å²) in [6, 6.07) is 7.14. The van der Waals surface area contributed by atoms with Crippen LogP contribution in [-0.2, 0) is 11.3 Å². The van der Waals surface area contributed by atoms with Crippen molar-refractivity contribution in [3.05, 3.63) is 42.5 Å². The van der Waals surface area contributed by atoms with Gasteiger partial charge in [0, 0.05) is 12.2 Å². The average Bonchev–Trinajstić information content (AvgIpc) is 2.33. The number of aliphatic hydroxyl groups excluding tert-OH is 1. The van der Waals surface area contributed by atoms with E-state index in [0.29, 0.717) is 12.2 Å². The maximum absolute atomic E-state index is 12.1. The van der Waals surface area contributed by atoms with Crippen molar-refractivity contribution < 1.29 is 14.6 Å². The minimum absolute atomic E-state index is 0.0654. The fourth-order valence-corrected chi connectivity index (χ4v) is 1.55. The highest BCUT2D eigenvalue weighted by Gasteiger charge is 2.22. The van der Waals surface area contributed by atoms with Crippen molar-refractivity contribution in [2.24, 2.45) is 0 Å². The average molecular weight is 263 g/mol. The molecule has 0 atom stereocenters. The standard InChI is InChI=1S/C15H21NO3/c1-5-9-16(14(18)19-15(2,3)4)13-8-6-7-12(10-13)11-17/h5-8,10,17H,1,9,11H2,2-4H3. The molecule has 1 amide bonds. The third kappa shape index (κ3) is 4.75. The SMILES string of the molecule is C=CCN(C(=O)OC(C)(C)C)c1cccc(CO)c1. The van der Waals surface area contributed by atoms with E-state index < -0.39 is 11.7 Å². The van der Waals surface area contributed by atoms with Gasteiger partial charge in [-0.25, -0.2) is 4.79 Å². The molecule has 0 aliphatic carbocycles. The van der Waals surface area contributed by atoms with Gasteiger partial charge in [0.25, 0.3) is 0 Å². The molecule has 0 aromatic heterocycles. The molecule has 0 unspecified atom stereocenters. The number of aliphatic hydroxyl groups is 1. The molecule has 1 aromatic rings. The van der Waals surface area contributed by atoms with Crippen molar-refractivity contribution >= 4 is 11.8 Å². The largest absolute Gasteiger partial charge is 0.443 e. The Bertz CT molecular complexity index is 449. The molecule has 1 rings (SSSR count). The van der Waals surface area contributed by atoms with Gasteiger partial charge in [0.1, 0.15) is 5.60 Å². The molecule has 0 aliphatic heterocycles. The van der Waals surface area contributed by atoms with Gasteiger partial charge in [-0.1, -0.05) is 18.2 Å². The van der Waals surface area contributed by atoms with Crippen molar-refractivity contribution in [2.45, 2.75) is 33.0 Å². The molecule has 0 heterocycles. The van der Waals surface area contributed by atoms with E-state index in [4.69, 9.17) is 9.84 Å². The van der Waals surface area contributed by atoms with Crippen LogP contribution >= 0.6 is 0 Å². The molecule has 0 aliphatic rings. The Kier molecular flexibility index (Phi) is 5.12. The summed E-state index contributed by atoms with van der Waals surface area (Å²) in [5, 5.41) is 9.14. The molecule has 0 spiro atoms. The summed E-state index contributed by atoms with van der Waals surface area (Å²) in [4.78, 5) is 13.6. The second kappa shape index (κ2) is 6.38. The molecule has 0 radical (unpaired) electrons. The van der Waals surface area contributed by atoms with Crippen LogP contribution in [0.5, 0.6) is 0 Å². The Balaban J connectivity index is 2.98. The van der Waals surface area contributed by atoms with E-state index in [2.05, 4.69) is 6.58 Å². The van der Waals surface area contributed by atoms with Crippen LogP contribution in [0.4, 0.5) is 10.5 Å². The molecular formula is C15H21NO3. The maximum atomic E-state index is 12.1. The molecular weight excluding hydrogens is 242 g/mol. The molecule has 1 N–H and O–H groups in total. The summed E-state index contributed by atoms with van der Waals surface area (Å²) < 4.78 is 5.36. The van der Waals surface area contributed by atoms with Gasteiger partial charge in [0.05, 0.1) is 6.61 Å². The highest BCUT2D eigenvalue weighted by atomic mass is 16.6. The minimum atomic E-state index is -0.551. The topological polar surface area (TPSA) is 49.8 Å². The summed E-state index contributed by atoms with van der Waals surface area (Å²) in [5.74, 6) is 0. The van der Waals surface area contributed by atoms with Crippen molar-refractivity contribution in [1.82, 2.24) is 0 Å². The predicted molar refractivity (Wildman–Crippen MR) is 76.1 cm³/mol. The number of amides is 1. The van der Waals surface area contributed by atoms with Crippen LogP contribution in [0.1, 0.15) is 26.3 Å². The number of nitrogens with zero attached hydrogens (tertiary/aromatic N) is 1.